The first-order valence-corrected chi connectivity index (χ1v) is 9.92. The smallest absolute Gasteiger partial charge is 0.107 e. The minimum Gasteiger partial charge on any atom is -0.397 e. The van der Waals surface area contributed by atoms with E-state index in [4.69, 9.17) is 28.5 Å². The van der Waals surface area contributed by atoms with Crippen molar-refractivity contribution < 1.29 is 0 Å². The van der Waals surface area contributed by atoms with Crippen LogP contribution < -0.4 is 16.8 Å². The molecule has 148 valence electrons. The third-order valence-electron chi connectivity index (χ3n) is 4.77. The second-order valence-electron chi connectivity index (χ2n) is 6.85. The molecule has 0 aromatic heterocycles. The fraction of sp³-hybridized carbons (Fsp3) is 0.261. The summed E-state index contributed by atoms with van der Waals surface area (Å²) in [5.41, 5.74) is 15.2. The molecule has 0 spiro atoms. The highest BCUT2D eigenvalue weighted by Crippen LogP contribution is 2.27. The van der Waals surface area contributed by atoms with Crippen LogP contribution in [-0.4, -0.2) is 12.3 Å². The van der Waals surface area contributed by atoms with Gasteiger partial charge in [0.15, 0.2) is 0 Å². The van der Waals surface area contributed by atoms with Gasteiger partial charge in [-0.2, -0.15) is 0 Å². The van der Waals surface area contributed by atoms with Crippen molar-refractivity contribution in [3.63, 3.8) is 0 Å². The molecule has 28 heavy (non-hydrogen) atoms. The Kier molecular flexibility index (Phi) is 8.15. The van der Waals surface area contributed by atoms with Crippen LogP contribution in [0.5, 0.6) is 0 Å². The summed E-state index contributed by atoms with van der Waals surface area (Å²) in [6, 6.07) is 18.9. The maximum absolute atomic E-state index is 8.71. The first-order valence-electron chi connectivity index (χ1n) is 9.54. The molecule has 4 nitrogen and oxygen atoms in total. The third-order valence-corrected chi connectivity index (χ3v) is 5.16. The Morgan fingerprint density at radius 3 is 2.07 bits per heavy atom. The molecule has 1 unspecified atom stereocenters. The number of rotatable bonds is 9. The number of benzene rings is 2. The number of nitrogens with one attached hydrogen (secondary N) is 2. The predicted molar refractivity (Wildman–Crippen MR) is 120 cm³/mol. The monoisotopic (exact) mass is 396 g/mol. The van der Waals surface area contributed by atoms with Crippen LogP contribution >= 0.6 is 11.6 Å². The van der Waals surface area contributed by atoms with E-state index in [1.54, 1.807) is 0 Å². The Balaban J connectivity index is 2.43. The number of nitrogens with two attached hydrogens (primary N) is 2. The average molecular weight is 397 g/mol. The summed E-state index contributed by atoms with van der Waals surface area (Å²) in [5.74, 6) is 0.957. The Hall–Kier alpha value is -2.72. The van der Waals surface area contributed by atoms with E-state index in [1.165, 1.54) is 0 Å². The van der Waals surface area contributed by atoms with Crippen LogP contribution in [-0.2, 0) is 0 Å². The van der Waals surface area contributed by atoms with Crippen LogP contribution in [0.25, 0.3) is 5.70 Å². The minimum atomic E-state index is 0.234. The highest BCUT2D eigenvalue weighted by Gasteiger charge is 2.19. The summed E-state index contributed by atoms with van der Waals surface area (Å²) in [6.45, 7) is 5.08. The second-order valence-corrected chi connectivity index (χ2v) is 7.23. The molecule has 0 heterocycles. The summed E-state index contributed by atoms with van der Waals surface area (Å²) in [7, 11) is 0. The van der Waals surface area contributed by atoms with Gasteiger partial charge in [0, 0.05) is 12.1 Å². The van der Waals surface area contributed by atoms with E-state index in [9.17, 15) is 0 Å². The normalized spacial score (nSPS) is 14.0. The van der Waals surface area contributed by atoms with Gasteiger partial charge < -0.3 is 16.8 Å². The van der Waals surface area contributed by atoms with Crippen molar-refractivity contribution in [3.8, 4) is 0 Å². The van der Waals surface area contributed by atoms with Crippen LogP contribution in [0.1, 0.15) is 37.8 Å². The molecule has 6 N–H and O–H groups in total. The highest BCUT2D eigenvalue weighted by molar-refractivity contribution is 6.39. The zero-order valence-electron chi connectivity index (χ0n) is 16.5. The number of hydrogen-bond donors (Lipinski definition) is 4. The standard InChI is InChI=1S/C23H29ClN4/c1-3-16(2)14-15-28-23(27)19(21(25)17-10-6-4-7-11-17)20(24)22(26)18-12-8-5-9-13-18/h4-13,16,25,28H,3,14-15,26-27H2,1-2H3/b22-20+,23-19-,25-21?. The molecule has 2 aromatic carbocycles. The van der Waals surface area contributed by atoms with Crippen LogP contribution in [0.15, 0.2) is 77.1 Å². The Morgan fingerprint density at radius 1 is 1.00 bits per heavy atom. The lowest BCUT2D eigenvalue weighted by atomic mass is 9.99. The van der Waals surface area contributed by atoms with Crippen molar-refractivity contribution in [1.29, 1.82) is 5.41 Å². The number of halogens is 1. The molecule has 1 atom stereocenters. The Labute approximate surface area is 172 Å². The molecule has 2 aromatic rings. The molecule has 0 aliphatic carbocycles. The SMILES string of the molecule is CCC(C)CCN/C(N)=C(C(=N)c1ccccc1)/C(Cl)=C(\N)c1ccccc1. The van der Waals surface area contributed by atoms with Gasteiger partial charge in [-0.3, -0.25) is 5.41 Å². The van der Waals surface area contributed by atoms with Gasteiger partial charge in [0.25, 0.3) is 0 Å². The van der Waals surface area contributed by atoms with Crippen LogP contribution in [0.4, 0.5) is 0 Å². The summed E-state index contributed by atoms with van der Waals surface area (Å²) in [4.78, 5) is 0. The van der Waals surface area contributed by atoms with Crippen molar-refractivity contribution >= 4 is 23.0 Å². The fourth-order valence-corrected chi connectivity index (χ4v) is 3.04. The summed E-state index contributed by atoms with van der Waals surface area (Å²) in [5, 5.41) is 12.2. The number of hydrogen-bond acceptors (Lipinski definition) is 4. The van der Waals surface area contributed by atoms with Gasteiger partial charge in [-0.15, -0.1) is 0 Å². The first kappa shape index (κ1) is 21.6. The topological polar surface area (TPSA) is 87.9 Å². The molecule has 0 radical (unpaired) electrons. The van der Waals surface area contributed by atoms with Crippen LogP contribution in [0.2, 0.25) is 0 Å². The van der Waals surface area contributed by atoms with Crippen LogP contribution in [0.3, 0.4) is 0 Å². The third kappa shape index (κ3) is 5.64. The molecule has 0 amide bonds. The molecular weight excluding hydrogens is 368 g/mol. The molecular formula is C23H29ClN4. The van der Waals surface area contributed by atoms with E-state index in [1.807, 2.05) is 60.7 Å². The van der Waals surface area contributed by atoms with Gasteiger partial charge in [0.1, 0.15) is 5.82 Å². The van der Waals surface area contributed by atoms with E-state index < -0.39 is 0 Å². The van der Waals surface area contributed by atoms with E-state index in [0.717, 1.165) is 24.0 Å². The van der Waals surface area contributed by atoms with Gasteiger partial charge in [-0.1, -0.05) is 92.5 Å². The predicted octanol–water partition coefficient (Wildman–Crippen LogP) is 4.82. The Bertz CT molecular complexity index is 841. The van der Waals surface area contributed by atoms with E-state index in [0.29, 0.717) is 29.6 Å². The van der Waals surface area contributed by atoms with Crippen LogP contribution in [0, 0.1) is 11.3 Å². The first-order chi connectivity index (χ1) is 13.5. The van der Waals surface area contributed by atoms with Crippen molar-refractivity contribution in [3.05, 3.63) is 88.2 Å². The molecule has 0 fully saturated rings. The number of allylic oxidation sites excluding steroid dienone is 2. The van der Waals surface area contributed by atoms with E-state index >= 15 is 0 Å². The van der Waals surface area contributed by atoms with Gasteiger partial charge in [-0.05, 0) is 17.9 Å². The zero-order chi connectivity index (χ0) is 20.5. The van der Waals surface area contributed by atoms with Gasteiger partial charge in [0.2, 0.25) is 0 Å². The molecule has 5 heteroatoms. The maximum Gasteiger partial charge on any atom is 0.107 e. The largest absolute Gasteiger partial charge is 0.397 e. The average Bonchev–Trinajstić information content (AvgIpc) is 2.74. The fourth-order valence-electron chi connectivity index (χ4n) is 2.74. The molecule has 0 aliphatic rings. The molecule has 0 saturated heterocycles. The lowest BCUT2D eigenvalue weighted by molar-refractivity contribution is 0.502. The minimum absolute atomic E-state index is 0.234. The molecule has 0 saturated carbocycles. The van der Waals surface area contributed by atoms with Gasteiger partial charge in [0.05, 0.1) is 22.0 Å². The van der Waals surface area contributed by atoms with E-state index in [2.05, 4.69) is 19.2 Å². The summed E-state index contributed by atoms with van der Waals surface area (Å²) in [6.07, 6.45) is 2.10. The van der Waals surface area contributed by atoms with Gasteiger partial charge in [-0.25, -0.2) is 0 Å². The molecule has 0 bridgehead atoms. The van der Waals surface area contributed by atoms with Gasteiger partial charge >= 0.3 is 0 Å². The summed E-state index contributed by atoms with van der Waals surface area (Å²) >= 11 is 6.68. The maximum atomic E-state index is 8.71. The van der Waals surface area contributed by atoms with E-state index in [-0.39, 0.29) is 10.7 Å². The zero-order valence-corrected chi connectivity index (χ0v) is 17.3. The van der Waals surface area contributed by atoms with Crippen molar-refractivity contribution in [2.45, 2.75) is 26.7 Å². The molecule has 0 aliphatic heterocycles. The highest BCUT2D eigenvalue weighted by atomic mass is 35.5. The van der Waals surface area contributed by atoms with Crippen molar-refractivity contribution in [2.75, 3.05) is 6.54 Å². The second kappa shape index (κ2) is 10.6. The molecule has 2 rings (SSSR count). The lowest BCUT2D eigenvalue weighted by Crippen LogP contribution is -2.27. The lowest BCUT2D eigenvalue weighted by Gasteiger charge is -2.17. The van der Waals surface area contributed by atoms with Crippen molar-refractivity contribution in [2.24, 2.45) is 17.4 Å². The summed E-state index contributed by atoms with van der Waals surface area (Å²) < 4.78 is 0. The quantitative estimate of drug-likeness (QED) is 0.362. The Morgan fingerprint density at radius 2 is 1.54 bits per heavy atom. The van der Waals surface area contributed by atoms with Crippen molar-refractivity contribution in [1.82, 2.24) is 5.32 Å².